The molecule has 0 radical (unpaired) electrons. The number of para-hydroxylation sites is 1. The molecule has 0 unspecified atom stereocenters. The van der Waals surface area contributed by atoms with Crippen molar-refractivity contribution in [3.8, 4) is 16.9 Å². The SMILES string of the molecule is O=C(N[C@@H](CCCCCC(=O)c1ccccc1-n1cccc1)c1ncc(-c2ccc3ccccc3c2)[nH]1)c1cncs1. The van der Waals surface area contributed by atoms with Gasteiger partial charge in [0.2, 0.25) is 0 Å². The van der Waals surface area contributed by atoms with Gasteiger partial charge in [0.1, 0.15) is 10.7 Å². The number of carbonyl (C=O) groups is 2. The van der Waals surface area contributed by atoms with Crippen LogP contribution in [0.2, 0.25) is 0 Å². The number of imidazole rings is 1. The number of hydrogen-bond acceptors (Lipinski definition) is 5. The summed E-state index contributed by atoms with van der Waals surface area (Å²) < 4.78 is 1.97. The number of Topliss-reactive ketones (excluding diaryl/α,β-unsaturated/α-hetero) is 1. The van der Waals surface area contributed by atoms with E-state index in [1.165, 1.54) is 16.7 Å². The van der Waals surface area contributed by atoms with Crippen molar-refractivity contribution >= 4 is 33.8 Å². The van der Waals surface area contributed by atoms with Gasteiger partial charge in [0.15, 0.2) is 5.78 Å². The molecule has 0 saturated heterocycles. The lowest BCUT2D eigenvalue weighted by Crippen LogP contribution is -2.28. The zero-order chi connectivity index (χ0) is 28.7. The molecule has 0 aliphatic carbocycles. The predicted molar refractivity (Wildman–Crippen MR) is 167 cm³/mol. The molecule has 42 heavy (non-hydrogen) atoms. The number of rotatable bonds is 12. The Kier molecular flexibility index (Phi) is 8.33. The fraction of sp³-hybridized carbons (Fsp3) is 0.176. The number of H-pyrrole nitrogens is 1. The number of benzene rings is 3. The number of hydrogen-bond donors (Lipinski definition) is 2. The Labute approximate surface area is 248 Å². The molecule has 7 nitrogen and oxygen atoms in total. The van der Waals surface area contributed by atoms with Gasteiger partial charge in [0, 0.05) is 29.9 Å². The summed E-state index contributed by atoms with van der Waals surface area (Å²) in [6.07, 6.45) is 11.0. The molecule has 3 aromatic heterocycles. The third kappa shape index (κ3) is 6.24. The summed E-state index contributed by atoms with van der Waals surface area (Å²) in [5.41, 5.74) is 5.23. The summed E-state index contributed by atoms with van der Waals surface area (Å²) >= 11 is 1.31. The monoisotopic (exact) mass is 573 g/mol. The molecule has 0 aliphatic rings. The zero-order valence-electron chi connectivity index (χ0n) is 23.1. The van der Waals surface area contributed by atoms with Gasteiger partial charge in [-0.05, 0) is 53.9 Å². The van der Waals surface area contributed by atoms with Crippen molar-refractivity contribution < 1.29 is 9.59 Å². The van der Waals surface area contributed by atoms with Crippen LogP contribution in [0.1, 0.15) is 64.0 Å². The van der Waals surface area contributed by atoms with Gasteiger partial charge in [-0.15, -0.1) is 11.3 Å². The molecule has 2 N–H and O–H groups in total. The number of aromatic nitrogens is 4. The molecule has 1 amide bonds. The summed E-state index contributed by atoms with van der Waals surface area (Å²) in [4.78, 5) is 38.8. The molecule has 0 bridgehead atoms. The molecule has 8 heteroatoms. The lowest BCUT2D eigenvalue weighted by atomic mass is 10.0. The molecular weight excluding hydrogens is 542 g/mol. The van der Waals surface area contributed by atoms with Crippen LogP contribution in [-0.2, 0) is 0 Å². The summed E-state index contributed by atoms with van der Waals surface area (Å²) in [5, 5.41) is 5.49. The van der Waals surface area contributed by atoms with Crippen LogP contribution in [0.15, 0.2) is 109 Å². The minimum absolute atomic E-state index is 0.139. The molecule has 0 spiro atoms. The van der Waals surface area contributed by atoms with E-state index in [1.807, 2.05) is 71.7 Å². The van der Waals surface area contributed by atoms with Crippen LogP contribution in [-0.4, -0.2) is 31.2 Å². The first kappa shape index (κ1) is 27.4. The van der Waals surface area contributed by atoms with E-state index in [4.69, 9.17) is 0 Å². The van der Waals surface area contributed by atoms with E-state index in [-0.39, 0.29) is 17.7 Å². The lowest BCUT2D eigenvalue weighted by Gasteiger charge is -2.16. The second kappa shape index (κ2) is 12.8. The van der Waals surface area contributed by atoms with Gasteiger partial charge in [-0.3, -0.25) is 14.6 Å². The molecule has 0 aliphatic heterocycles. The van der Waals surface area contributed by atoms with E-state index >= 15 is 0 Å². The number of fused-ring (bicyclic) bond motifs is 1. The molecule has 1 atom stereocenters. The van der Waals surface area contributed by atoms with Crippen LogP contribution in [0.5, 0.6) is 0 Å². The predicted octanol–water partition coefficient (Wildman–Crippen LogP) is 7.78. The quantitative estimate of drug-likeness (QED) is 0.115. The maximum absolute atomic E-state index is 13.1. The van der Waals surface area contributed by atoms with Gasteiger partial charge in [0.25, 0.3) is 5.91 Å². The second-order valence-electron chi connectivity index (χ2n) is 10.3. The first-order chi connectivity index (χ1) is 20.7. The Hall–Kier alpha value is -4.82. The van der Waals surface area contributed by atoms with Crippen molar-refractivity contribution in [2.75, 3.05) is 0 Å². The Morgan fingerprint density at radius 2 is 1.69 bits per heavy atom. The molecule has 6 rings (SSSR count). The average Bonchev–Trinajstić information content (AvgIpc) is 3.83. The van der Waals surface area contributed by atoms with Crippen LogP contribution in [0.3, 0.4) is 0 Å². The first-order valence-corrected chi connectivity index (χ1v) is 15.0. The number of thiazole rings is 1. The Bertz CT molecular complexity index is 1790. The number of carbonyl (C=O) groups excluding carboxylic acids is 2. The Morgan fingerprint density at radius 3 is 2.52 bits per heavy atom. The highest BCUT2D eigenvalue weighted by Crippen LogP contribution is 2.26. The maximum atomic E-state index is 13.1. The summed E-state index contributed by atoms with van der Waals surface area (Å²) in [5.74, 6) is 0.691. The van der Waals surface area contributed by atoms with Crippen LogP contribution in [0, 0.1) is 0 Å². The topological polar surface area (TPSA) is 92.7 Å². The highest BCUT2D eigenvalue weighted by Gasteiger charge is 2.20. The number of ketones is 1. The third-order valence-corrected chi connectivity index (χ3v) is 8.20. The molecule has 0 saturated carbocycles. The van der Waals surface area contributed by atoms with Gasteiger partial charge in [-0.25, -0.2) is 4.98 Å². The number of unbranched alkanes of at least 4 members (excludes halogenated alkanes) is 2. The van der Waals surface area contributed by atoms with E-state index < -0.39 is 0 Å². The molecule has 0 fully saturated rings. The molecule has 3 aromatic carbocycles. The van der Waals surface area contributed by atoms with Crippen molar-refractivity contribution in [3.05, 3.63) is 125 Å². The standard InChI is InChI=1S/C34H31N5O2S/c40-31(27-12-6-7-14-30(27)39-18-8-9-19-39)15-3-1-2-13-28(38-34(41)32-22-35-23-42-32)33-36-21-29(37-33)26-17-16-24-10-4-5-11-25(24)20-26/h4-12,14,16-23,28H,1-3,13,15H2,(H,36,37)(H,38,41)/t28-/m0/s1. The normalized spacial score (nSPS) is 11.9. The molecular formula is C34H31N5O2S. The van der Waals surface area contributed by atoms with Gasteiger partial charge in [-0.2, -0.15) is 0 Å². The minimum Gasteiger partial charge on any atom is -0.341 e. The van der Waals surface area contributed by atoms with Crippen molar-refractivity contribution in [2.45, 2.75) is 38.1 Å². The summed E-state index contributed by atoms with van der Waals surface area (Å²) in [6, 6.07) is 25.9. The molecule has 210 valence electrons. The summed E-state index contributed by atoms with van der Waals surface area (Å²) in [6.45, 7) is 0. The largest absolute Gasteiger partial charge is 0.341 e. The maximum Gasteiger partial charge on any atom is 0.263 e. The van der Waals surface area contributed by atoms with E-state index in [9.17, 15) is 9.59 Å². The average molecular weight is 574 g/mol. The van der Waals surface area contributed by atoms with Crippen LogP contribution >= 0.6 is 11.3 Å². The Balaban J connectivity index is 1.11. The zero-order valence-corrected chi connectivity index (χ0v) is 23.9. The fourth-order valence-electron chi connectivity index (χ4n) is 5.23. The van der Waals surface area contributed by atoms with E-state index in [0.717, 1.165) is 47.2 Å². The Morgan fingerprint density at radius 1 is 0.881 bits per heavy atom. The summed E-state index contributed by atoms with van der Waals surface area (Å²) in [7, 11) is 0. The number of nitrogens with one attached hydrogen (secondary N) is 2. The lowest BCUT2D eigenvalue weighted by molar-refractivity contribution is 0.0935. The van der Waals surface area contributed by atoms with E-state index in [1.54, 1.807) is 11.7 Å². The van der Waals surface area contributed by atoms with E-state index in [0.29, 0.717) is 23.5 Å². The number of nitrogens with zero attached hydrogens (tertiary/aromatic N) is 3. The van der Waals surface area contributed by atoms with E-state index in [2.05, 4.69) is 50.6 Å². The van der Waals surface area contributed by atoms with Crippen LogP contribution in [0.25, 0.3) is 27.7 Å². The van der Waals surface area contributed by atoms with Crippen molar-refractivity contribution in [2.24, 2.45) is 0 Å². The van der Waals surface area contributed by atoms with Gasteiger partial charge >= 0.3 is 0 Å². The molecule has 6 aromatic rings. The number of aromatic amines is 1. The highest BCUT2D eigenvalue weighted by atomic mass is 32.1. The number of amides is 1. The molecule has 3 heterocycles. The van der Waals surface area contributed by atoms with Gasteiger partial charge < -0.3 is 14.9 Å². The van der Waals surface area contributed by atoms with Crippen LogP contribution < -0.4 is 5.32 Å². The minimum atomic E-state index is -0.293. The second-order valence-corrected chi connectivity index (χ2v) is 11.2. The highest BCUT2D eigenvalue weighted by molar-refractivity contribution is 7.11. The first-order valence-electron chi connectivity index (χ1n) is 14.1. The smallest absolute Gasteiger partial charge is 0.263 e. The fourth-order valence-corrected chi connectivity index (χ4v) is 5.75. The van der Waals surface area contributed by atoms with Crippen molar-refractivity contribution in [3.63, 3.8) is 0 Å². The van der Waals surface area contributed by atoms with Crippen LogP contribution in [0.4, 0.5) is 0 Å². The van der Waals surface area contributed by atoms with Crippen molar-refractivity contribution in [1.29, 1.82) is 0 Å². The van der Waals surface area contributed by atoms with Gasteiger partial charge in [0.05, 0.1) is 35.3 Å². The van der Waals surface area contributed by atoms with Crippen molar-refractivity contribution in [1.82, 2.24) is 24.8 Å². The van der Waals surface area contributed by atoms with Gasteiger partial charge in [-0.1, -0.05) is 61.4 Å². The third-order valence-electron chi connectivity index (χ3n) is 7.43.